The van der Waals surface area contributed by atoms with Crippen molar-refractivity contribution in [1.29, 1.82) is 0 Å². The van der Waals surface area contributed by atoms with Gasteiger partial charge in [0.1, 0.15) is 0 Å². The van der Waals surface area contributed by atoms with Crippen molar-refractivity contribution < 1.29 is 9.59 Å². The first-order valence-corrected chi connectivity index (χ1v) is 5.52. The molecular formula is C15H15NO2. The molecule has 1 aromatic rings. The standard InChI is InChI=1S/C15H15NO2/c1-4-15(2,3)16-14(18)11-10-13(17)12-8-6-5-7-9-12/h1,5-11H,2-3H3,(H,16,18)/b11-10+. The molecule has 1 N–H and O–H groups in total. The van der Waals surface area contributed by atoms with Gasteiger partial charge in [-0.25, -0.2) is 0 Å². The van der Waals surface area contributed by atoms with Crippen molar-refractivity contribution >= 4 is 11.7 Å². The van der Waals surface area contributed by atoms with Gasteiger partial charge in [-0.3, -0.25) is 9.59 Å². The molecule has 18 heavy (non-hydrogen) atoms. The van der Waals surface area contributed by atoms with Crippen molar-refractivity contribution in [1.82, 2.24) is 5.32 Å². The van der Waals surface area contributed by atoms with Crippen molar-refractivity contribution in [2.75, 3.05) is 0 Å². The summed E-state index contributed by atoms with van der Waals surface area (Å²) < 4.78 is 0. The predicted octanol–water partition coefficient (Wildman–Crippen LogP) is 1.95. The second kappa shape index (κ2) is 5.83. The molecule has 3 nitrogen and oxygen atoms in total. The average Bonchev–Trinajstić information content (AvgIpc) is 2.36. The van der Waals surface area contributed by atoms with Crippen LogP contribution in [0.4, 0.5) is 0 Å². The highest BCUT2D eigenvalue weighted by Gasteiger charge is 2.15. The Bertz CT molecular complexity index is 507. The number of benzene rings is 1. The molecule has 0 fully saturated rings. The number of rotatable bonds is 4. The van der Waals surface area contributed by atoms with Crippen molar-refractivity contribution in [3.63, 3.8) is 0 Å². The Morgan fingerprint density at radius 1 is 1.22 bits per heavy atom. The molecular weight excluding hydrogens is 226 g/mol. The maximum Gasteiger partial charge on any atom is 0.245 e. The van der Waals surface area contributed by atoms with Gasteiger partial charge in [0.15, 0.2) is 5.78 Å². The van der Waals surface area contributed by atoms with E-state index in [1.807, 2.05) is 6.07 Å². The number of hydrogen-bond acceptors (Lipinski definition) is 2. The molecule has 1 aromatic carbocycles. The monoisotopic (exact) mass is 241 g/mol. The minimum absolute atomic E-state index is 0.218. The number of amides is 1. The van der Waals surface area contributed by atoms with Crippen molar-refractivity contribution in [3.05, 3.63) is 48.0 Å². The van der Waals surface area contributed by atoms with E-state index < -0.39 is 5.54 Å². The number of nitrogens with one attached hydrogen (secondary N) is 1. The van der Waals surface area contributed by atoms with Crippen LogP contribution < -0.4 is 5.32 Å². The molecule has 0 aliphatic heterocycles. The third-order valence-electron chi connectivity index (χ3n) is 2.24. The highest BCUT2D eigenvalue weighted by Crippen LogP contribution is 2.02. The Morgan fingerprint density at radius 3 is 2.39 bits per heavy atom. The molecule has 1 amide bonds. The molecule has 0 radical (unpaired) electrons. The number of carbonyl (C=O) groups excluding carboxylic acids is 2. The van der Waals surface area contributed by atoms with Crippen molar-refractivity contribution in [3.8, 4) is 12.3 Å². The molecule has 0 heterocycles. The van der Waals surface area contributed by atoms with Crippen LogP contribution in [0.25, 0.3) is 0 Å². The van der Waals surface area contributed by atoms with Gasteiger partial charge in [-0.1, -0.05) is 36.3 Å². The number of ketones is 1. The Labute approximate surface area is 107 Å². The quantitative estimate of drug-likeness (QED) is 0.497. The summed E-state index contributed by atoms with van der Waals surface area (Å²) in [6, 6.07) is 8.74. The SMILES string of the molecule is C#CC(C)(C)NC(=O)/C=C/C(=O)c1ccccc1. The number of hydrogen-bond donors (Lipinski definition) is 1. The summed E-state index contributed by atoms with van der Waals surface area (Å²) in [7, 11) is 0. The molecule has 0 saturated carbocycles. The van der Waals surface area contributed by atoms with E-state index in [0.29, 0.717) is 5.56 Å². The van der Waals surface area contributed by atoms with E-state index in [9.17, 15) is 9.59 Å². The van der Waals surface area contributed by atoms with Crippen LogP contribution in [0.2, 0.25) is 0 Å². The van der Waals surface area contributed by atoms with Gasteiger partial charge < -0.3 is 5.32 Å². The fourth-order valence-electron chi connectivity index (χ4n) is 1.24. The lowest BCUT2D eigenvalue weighted by molar-refractivity contribution is -0.117. The van der Waals surface area contributed by atoms with Crippen LogP contribution in [-0.2, 0) is 4.79 Å². The van der Waals surface area contributed by atoms with E-state index in [1.54, 1.807) is 38.1 Å². The Morgan fingerprint density at radius 2 is 1.83 bits per heavy atom. The number of terminal acetylenes is 1. The number of allylic oxidation sites excluding steroid dienone is 1. The zero-order valence-corrected chi connectivity index (χ0v) is 10.4. The molecule has 0 spiro atoms. The smallest absolute Gasteiger partial charge is 0.245 e. The van der Waals surface area contributed by atoms with E-state index >= 15 is 0 Å². The van der Waals surface area contributed by atoms with E-state index in [1.165, 1.54) is 12.2 Å². The molecule has 0 saturated heterocycles. The van der Waals surface area contributed by atoms with Gasteiger partial charge in [0.05, 0.1) is 5.54 Å². The normalized spacial score (nSPS) is 10.9. The summed E-state index contributed by atoms with van der Waals surface area (Å²) in [5.74, 6) is 1.84. The molecule has 0 bridgehead atoms. The summed E-state index contributed by atoms with van der Waals surface area (Å²) in [5.41, 5.74) is -0.185. The molecule has 1 rings (SSSR count). The van der Waals surface area contributed by atoms with Gasteiger partial charge in [-0.2, -0.15) is 0 Å². The maximum atomic E-state index is 11.7. The molecule has 0 aliphatic carbocycles. The molecule has 0 aromatic heterocycles. The summed E-state index contributed by atoms with van der Waals surface area (Å²) >= 11 is 0. The Hall–Kier alpha value is -2.34. The van der Waals surface area contributed by atoms with Gasteiger partial charge in [0.25, 0.3) is 0 Å². The zero-order valence-electron chi connectivity index (χ0n) is 10.4. The topological polar surface area (TPSA) is 46.2 Å². The molecule has 3 heteroatoms. The predicted molar refractivity (Wildman–Crippen MR) is 71.0 cm³/mol. The minimum Gasteiger partial charge on any atom is -0.337 e. The van der Waals surface area contributed by atoms with Gasteiger partial charge >= 0.3 is 0 Å². The van der Waals surface area contributed by atoms with Crippen LogP contribution in [-0.4, -0.2) is 17.2 Å². The molecule has 0 aliphatic rings. The van der Waals surface area contributed by atoms with E-state index in [-0.39, 0.29) is 11.7 Å². The highest BCUT2D eigenvalue weighted by molar-refractivity contribution is 6.07. The lowest BCUT2D eigenvalue weighted by Gasteiger charge is -2.17. The minimum atomic E-state index is -0.725. The van der Waals surface area contributed by atoms with Gasteiger partial charge in [0.2, 0.25) is 5.91 Å². The van der Waals surface area contributed by atoms with Gasteiger partial charge in [-0.15, -0.1) is 6.42 Å². The van der Waals surface area contributed by atoms with E-state index in [0.717, 1.165) is 0 Å². The first-order valence-electron chi connectivity index (χ1n) is 5.52. The second-order valence-corrected chi connectivity index (χ2v) is 4.32. The van der Waals surface area contributed by atoms with Crippen molar-refractivity contribution in [2.45, 2.75) is 19.4 Å². The Balaban J connectivity index is 2.64. The van der Waals surface area contributed by atoms with Crippen LogP contribution in [0, 0.1) is 12.3 Å². The Kier molecular flexibility index (Phi) is 4.45. The summed E-state index contributed by atoms with van der Waals surface area (Å²) in [4.78, 5) is 23.2. The summed E-state index contributed by atoms with van der Waals surface area (Å²) in [6.45, 7) is 3.41. The van der Waals surface area contributed by atoms with Crippen LogP contribution in [0.1, 0.15) is 24.2 Å². The summed E-state index contributed by atoms with van der Waals surface area (Å²) in [5, 5.41) is 2.60. The lowest BCUT2D eigenvalue weighted by Crippen LogP contribution is -2.41. The highest BCUT2D eigenvalue weighted by atomic mass is 16.1. The van der Waals surface area contributed by atoms with Crippen LogP contribution in [0.3, 0.4) is 0 Å². The number of carbonyl (C=O) groups is 2. The molecule has 92 valence electrons. The van der Waals surface area contributed by atoms with Gasteiger partial charge in [-0.05, 0) is 19.9 Å². The summed E-state index contributed by atoms with van der Waals surface area (Å²) in [6.07, 6.45) is 7.67. The van der Waals surface area contributed by atoms with E-state index in [2.05, 4.69) is 11.2 Å². The van der Waals surface area contributed by atoms with Crippen molar-refractivity contribution in [2.24, 2.45) is 0 Å². The third-order valence-corrected chi connectivity index (χ3v) is 2.24. The second-order valence-electron chi connectivity index (χ2n) is 4.32. The fraction of sp³-hybridized carbons (Fsp3) is 0.200. The van der Waals surface area contributed by atoms with Crippen LogP contribution in [0.15, 0.2) is 42.5 Å². The largest absolute Gasteiger partial charge is 0.337 e. The first kappa shape index (κ1) is 13.7. The van der Waals surface area contributed by atoms with Gasteiger partial charge in [0, 0.05) is 11.6 Å². The molecule has 0 unspecified atom stereocenters. The lowest BCUT2D eigenvalue weighted by atomic mass is 10.1. The van der Waals surface area contributed by atoms with E-state index in [4.69, 9.17) is 6.42 Å². The maximum absolute atomic E-state index is 11.7. The zero-order chi connectivity index (χ0) is 13.6. The van der Waals surface area contributed by atoms with Crippen LogP contribution >= 0.6 is 0 Å². The first-order chi connectivity index (χ1) is 8.44. The molecule has 0 atom stereocenters. The van der Waals surface area contributed by atoms with Crippen LogP contribution in [0.5, 0.6) is 0 Å². The fourth-order valence-corrected chi connectivity index (χ4v) is 1.24. The third kappa shape index (κ3) is 4.26. The average molecular weight is 241 g/mol.